The van der Waals surface area contributed by atoms with Gasteiger partial charge in [0.15, 0.2) is 5.78 Å². The molecule has 0 radical (unpaired) electrons. The zero-order valence-electron chi connectivity index (χ0n) is 17.0. The lowest BCUT2D eigenvalue weighted by Crippen LogP contribution is -2.27. The van der Waals surface area contributed by atoms with E-state index in [2.05, 4.69) is 0 Å². The number of fused-ring (bicyclic) bond motifs is 1. The SMILES string of the molecule is CC(C)(CC(=O)c1ccc2ccccc2c1/C=C/c1ccc(C(F)(F)F)cc1)C(=O)O. The third kappa shape index (κ3) is 5.02. The number of carbonyl (C=O) groups excluding carboxylic acids is 1. The molecule has 0 aliphatic heterocycles. The van der Waals surface area contributed by atoms with E-state index in [0.29, 0.717) is 16.7 Å². The van der Waals surface area contributed by atoms with Crippen molar-refractivity contribution < 1.29 is 27.9 Å². The first-order valence-corrected chi connectivity index (χ1v) is 9.63. The van der Waals surface area contributed by atoms with Crippen molar-refractivity contribution in [2.45, 2.75) is 26.4 Å². The Morgan fingerprint density at radius 1 is 0.903 bits per heavy atom. The van der Waals surface area contributed by atoms with Crippen LogP contribution >= 0.6 is 0 Å². The average molecular weight is 426 g/mol. The number of aliphatic carboxylic acids is 1. The molecule has 0 fully saturated rings. The molecule has 0 aliphatic carbocycles. The third-order valence-corrected chi connectivity index (χ3v) is 5.13. The molecule has 0 amide bonds. The van der Waals surface area contributed by atoms with Gasteiger partial charge in [-0.25, -0.2) is 0 Å². The topological polar surface area (TPSA) is 54.4 Å². The minimum absolute atomic E-state index is 0.179. The third-order valence-electron chi connectivity index (χ3n) is 5.13. The summed E-state index contributed by atoms with van der Waals surface area (Å²) in [5, 5.41) is 11.1. The Kier molecular flexibility index (Phi) is 6.02. The summed E-state index contributed by atoms with van der Waals surface area (Å²) in [5.74, 6) is -1.38. The fourth-order valence-corrected chi connectivity index (χ4v) is 3.25. The molecule has 0 aliphatic rings. The number of rotatable bonds is 6. The van der Waals surface area contributed by atoms with Crippen molar-refractivity contribution >= 4 is 34.7 Å². The lowest BCUT2D eigenvalue weighted by Gasteiger charge is -2.19. The largest absolute Gasteiger partial charge is 0.481 e. The summed E-state index contributed by atoms with van der Waals surface area (Å²) in [7, 11) is 0. The molecule has 3 nitrogen and oxygen atoms in total. The fourth-order valence-electron chi connectivity index (χ4n) is 3.25. The highest BCUT2D eigenvalue weighted by molar-refractivity contribution is 6.08. The Labute approximate surface area is 177 Å². The van der Waals surface area contributed by atoms with Gasteiger partial charge in [-0.15, -0.1) is 0 Å². The number of ketones is 1. The summed E-state index contributed by atoms with van der Waals surface area (Å²) in [6, 6.07) is 15.6. The van der Waals surface area contributed by atoms with Gasteiger partial charge in [-0.3, -0.25) is 9.59 Å². The van der Waals surface area contributed by atoms with Crippen LogP contribution in [0.3, 0.4) is 0 Å². The number of Topliss-reactive ketones (excluding diaryl/α,β-unsaturated/α-hetero) is 1. The van der Waals surface area contributed by atoms with Crippen LogP contribution in [-0.2, 0) is 11.0 Å². The second-order valence-corrected chi connectivity index (χ2v) is 7.99. The molecule has 31 heavy (non-hydrogen) atoms. The molecule has 0 spiro atoms. The standard InChI is InChI=1S/C25H21F3O3/c1-24(2,23(30)31)15-22(29)21-14-10-17-5-3-4-6-19(17)20(21)13-9-16-7-11-18(12-8-16)25(26,27)28/h3-14H,15H2,1-2H3,(H,30,31)/b13-9+. The second kappa shape index (κ2) is 8.38. The number of benzene rings is 3. The van der Waals surface area contributed by atoms with Crippen molar-refractivity contribution in [3.05, 3.63) is 82.9 Å². The number of carbonyl (C=O) groups is 2. The molecule has 6 heteroatoms. The molecule has 0 saturated heterocycles. The molecule has 3 aromatic rings. The maximum Gasteiger partial charge on any atom is 0.416 e. The summed E-state index contributed by atoms with van der Waals surface area (Å²) in [5.41, 5.74) is -0.441. The first kappa shape index (κ1) is 22.3. The van der Waals surface area contributed by atoms with E-state index in [1.165, 1.54) is 26.0 Å². The zero-order chi connectivity index (χ0) is 22.8. The Morgan fingerprint density at radius 2 is 1.55 bits per heavy atom. The van der Waals surface area contributed by atoms with E-state index in [0.717, 1.165) is 22.9 Å². The molecule has 160 valence electrons. The normalized spacial score (nSPS) is 12.4. The molecular formula is C25H21F3O3. The molecule has 0 aromatic heterocycles. The number of halogens is 3. The van der Waals surface area contributed by atoms with Gasteiger partial charge in [0.05, 0.1) is 11.0 Å². The summed E-state index contributed by atoms with van der Waals surface area (Å²) in [6.45, 7) is 2.98. The van der Waals surface area contributed by atoms with Crippen molar-refractivity contribution in [2.75, 3.05) is 0 Å². The highest BCUT2D eigenvalue weighted by Crippen LogP contribution is 2.31. The van der Waals surface area contributed by atoms with Gasteiger partial charge >= 0.3 is 12.1 Å². The Balaban J connectivity index is 2.03. The Morgan fingerprint density at radius 3 is 2.16 bits per heavy atom. The average Bonchev–Trinajstić information content (AvgIpc) is 2.71. The highest BCUT2D eigenvalue weighted by Gasteiger charge is 2.31. The molecule has 1 N–H and O–H groups in total. The van der Waals surface area contributed by atoms with Crippen LogP contribution in [0.5, 0.6) is 0 Å². The predicted octanol–water partition coefficient (Wildman–Crippen LogP) is 6.71. The summed E-state index contributed by atoms with van der Waals surface area (Å²) in [6.07, 6.45) is -1.26. The predicted molar refractivity (Wildman–Crippen MR) is 115 cm³/mol. The van der Waals surface area contributed by atoms with E-state index in [4.69, 9.17) is 0 Å². The van der Waals surface area contributed by atoms with Gasteiger partial charge in [-0.2, -0.15) is 13.2 Å². The van der Waals surface area contributed by atoms with Gasteiger partial charge in [-0.1, -0.05) is 60.7 Å². The minimum atomic E-state index is -4.41. The summed E-state index contributed by atoms with van der Waals surface area (Å²) >= 11 is 0. The number of hydrogen-bond donors (Lipinski definition) is 1. The lowest BCUT2D eigenvalue weighted by molar-refractivity contribution is -0.146. The highest BCUT2D eigenvalue weighted by atomic mass is 19.4. The molecule has 3 aromatic carbocycles. The molecule has 0 heterocycles. The fraction of sp³-hybridized carbons (Fsp3) is 0.200. The minimum Gasteiger partial charge on any atom is -0.481 e. The molecular weight excluding hydrogens is 405 g/mol. The van der Waals surface area contributed by atoms with Crippen LogP contribution in [0.1, 0.15) is 47.3 Å². The zero-order valence-corrected chi connectivity index (χ0v) is 17.0. The van der Waals surface area contributed by atoms with E-state index in [1.54, 1.807) is 24.3 Å². The van der Waals surface area contributed by atoms with Crippen molar-refractivity contribution in [2.24, 2.45) is 5.41 Å². The molecule has 3 rings (SSSR count). The molecule has 0 atom stereocenters. The van der Waals surface area contributed by atoms with Crippen LogP contribution in [0.15, 0.2) is 60.7 Å². The van der Waals surface area contributed by atoms with Gasteiger partial charge in [0, 0.05) is 12.0 Å². The van der Waals surface area contributed by atoms with E-state index < -0.39 is 23.1 Å². The van der Waals surface area contributed by atoms with Gasteiger partial charge in [0.2, 0.25) is 0 Å². The van der Waals surface area contributed by atoms with Crippen molar-refractivity contribution in [3.8, 4) is 0 Å². The van der Waals surface area contributed by atoms with Crippen LogP contribution in [0, 0.1) is 5.41 Å². The monoisotopic (exact) mass is 426 g/mol. The first-order valence-electron chi connectivity index (χ1n) is 9.63. The lowest BCUT2D eigenvalue weighted by atomic mass is 9.84. The van der Waals surface area contributed by atoms with Crippen LogP contribution in [-0.4, -0.2) is 16.9 Å². The molecule has 0 unspecified atom stereocenters. The van der Waals surface area contributed by atoms with E-state index in [9.17, 15) is 27.9 Å². The maximum absolute atomic E-state index is 13.0. The Bertz CT molecular complexity index is 1160. The molecule has 0 saturated carbocycles. The number of carboxylic acid groups (broad SMARTS) is 1. The van der Waals surface area contributed by atoms with Crippen LogP contribution in [0.2, 0.25) is 0 Å². The quantitative estimate of drug-likeness (QED) is 0.352. The maximum atomic E-state index is 13.0. The summed E-state index contributed by atoms with van der Waals surface area (Å²) < 4.78 is 38.3. The van der Waals surface area contributed by atoms with Crippen molar-refractivity contribution in [3.63, 3.8) is 0 Å². The smallest absolute Gasteiger partial charge is 0.416 e. The van der Waals surface area contributed by atoms with Crippen LogP contribution in [0.4, 0.5) is 13.2 Å². The van der Waals surface area contributed by atoms with Crippen molar-refractivity contribution in [1.82, 2.24) is 0 Å². The van der Waals surface area contributed by atoms with Crippen LogP contribution in [0.25, 0.3) is 22.9 Å². The van der Waals surface area contributed by atoms with E-state index in [-0.39, 0.29) is 12.2 Å². The van der Waals surface area contributed by atoms with Gasteiger partial charge < -0.3 is 5.11 Å². The van der Waals surface area contributed by atoms with Gasteiger partial charge in [0.1, 0.15) is 0 Å². The van der Waals surface area contributed by atoms with E-state index in [1.807, 2.05) is 24.3 Å². The second-order valence-electron chi connectivity index (χ2n) is 7.99. The van der Waals surface area contributed by atoms with E-state index >= 15 is 0 Å². The number of carboxylic acids is 1. The molecule has 0 bridgehead atoms. The van der Waals surface area contributed by atoms with Gasteiger partial charge in [0.25, 0.3) is 0 Å². The summed E-state index contributed by atoms with van der Waals surface area (Å²) in [4.78, 5) is 24.4. The first-order chi connectivity index (χ1) is 14.5. The van der Waals surface area contributed by atoms with Crippen molar-refractivity contribution in [1.29, 1.82) is 0 Å². The Hall–Kier alpha value is -3.41. The number of alkyl halides is 3. The van der Waals surface area contributed by atoms with Gasteiger partial charge in [-0.05, 0) is 47.9 Å². The van der Waals surface area contributed by atoms with Crippen LogP contribution < -0.4 is 0 Å². The number of hydrogen-bond acceptors (Lipinski definition) is 2.